The van der Waals surface area contributed by atoms with Crippen molar-refractivity contribution in [2.75, 3.05) is 6.61 Å². The van der Waals surface area contributed by atoms with E-state index in [0.29, 0.717) is 17.0 Å². The van der Waals surface area contributed by atoms with E-state index in [1.54, 1.807) is 11.6 Å². The lowest BCUT2D eigenvalue weighted by molar-refractivity contribution is 0.0517. The van der Waals surface area contributed by atoms with Gasteiger partial charge in [0.15, 0.2) is 5.69 Å². The normalized spacial score (nSPS) is 18.8. The van der Waals surface area contributed by atoms with Crippen molar-refractivity contribution in [2.45, 2.75) is 32.9 Å². The number of aromatic nitrogens is 2. The first-order valence-electron chi connectivity index (χ1n) is 5.23. The molecule has 0 fully saturated rings. The molecule has 1 unspecified atom stereocenters. The van der Waals surface area contributed by atoms with Crippen LogP contribution < -0.4 is 4.74 Å². The molecule has 0 N–H and O–H groups in total. The molecule has 0 saturated heterocycles. The smallest absolute Gasteiger partial charge is 0.360 e. The topological polar surface area (TPSA) is 53.3 Å². The molecule has 1 aromatic heterocycles. The first kappa shape index (κ1) is 11.4. The van der Waals surface area contributed by atoms with E-state index in [9.17, 15) is 4.79 Å². The molecule has 0 aliphatic carbocycles. The Morgan fingerprint density at radius 1 is 1.75 bits per heavy atom. The highest BCUT2D eigenvalue weighted by Crippen LogP contribution is 2.33. The summed E-state index contributed by atoms with van der Waals surface area (Å²) in [5, 5.41) is 4.17. The SMILES string of the molecule is CCOC(=O)c1nn2c(c1Br)OC(C)CC2. The maximum Gasteiger partial charge on any atom is 0.360 e. The number of hydrogen-bond donors (Lipinski definition) is 0. The van der Waals surface area contributed by atoms with Crippen molar-refractivity contribution in [1.29, 1.82) is 0 Å². The van der Waals surface area contributed by atoms with E-state index < -0.39 is 5.97 Å². The van der Waals surface area contributed by atoms with Gasteiger partial charge in [-0.25, -0.2) is 9.48 Å². The lowest BCUT2D eigenvalue weighted by Crippen LogP contribution is -2.23. The van der Waals surface area contributed by atoms with Crippen LogP contribution in [0.25, 0.3) is 0 Å². The number of carbonyl (C=O) groups excluding carboxylic acids is 1. The summed E-state index contributed by atoms with van der Waals surface area (Å²) >= 11 is 3.33. The predicted molar refractivity (Wildman–Crippen MR) is 60.6 cm³/mol. The Kier molecular flexibility index (Phi) is 3.18. The largest absolute Gasteiger partial charge is 0.474 e. The van der Waals surface area contributed by atoms with Crippen molar-refractivity contribution in [2.24, 2.45) is 0 Å². The molecule has 0 radical (unpaired) electrons. The van der Waals surface area contributed by atoms with E-state index in [-0.39, 0.29) is 11.8 Å². The van der Waals surface area contributed by atoms with Crippen LogP contribution in [0.4, 0.5) is 0 Å². The number of halogens is 1. The average molecular weight is 289 g/mol. The Hall–Kier alpha value is -1.04. The van der Waals surface area contributed by atoms with Crippen molar-refractivity contribution >= 4 is 21.9 Å². The van der Waals surface area contributed by atoms with Crippen LogP contribution in [0.5, 0.6) is 5.88 Å². The highest BCUT2D eigenvalue weighted by molar-refractivity contribution is 9.10. The Labute approximate surface area is 102 Å². The third-order valence-electron chi connectivity index (χ3n) is 2.38. The number of hydrogen-bond acceptors (Lipinski definition) is 4. The zero-order valence-corrected chi connectivity index (χ0v) is 10.8. The van der Waals surface area contributed by atoms with E-state index in [0.717, 1.165) is 13.0 Å². The lowest BCUT2D eigenvalue weighted by Gasteiger charge is -2.21. The van der Waals surface area contributed by atoms with Crippen molar-refractivity contribution in [3.05, 3.63) is 10.2 Å². The highest BCUT2D eigenvalue weighted by Gasteiger charge is 2.27. The second kappa shape index (κ2) is 4.45. The fourth-order valence-electron chi connectivity index (χ4n) is 1.57. The van der Waals surface area contributed by atoms with Gasteiger partial charge in [0.05, 0.1) is 12.7 Å². The number of fused-ring (bicyclic) bond motifs is 1. The van der Waals surface area contributed by atoms with Gasteiger partial charge in [-0.05, 0) is 29.8 Å². The monoisotopic (exact) mass is 288 g/mol. The van der Waals surface area contributed by atoms with Gasteiger partial charge in [-0.1, -0.05) is 0 Å². The molecule has 1 aromatic rings. The summed E-state index contributed by atoms with van der Waals surface area (Å²) in [6, 6.07) is 0. The predicted octanol–water partition coefficient (Wildman–Crippen LogP) is 1.99. The average Bonchev–Trinajstić information content (AvgIpc) is 2.57. The van der Waals surface area contributed by atoms with Gasteiger partial charge in [0.25, 0.3) is 0 Å². The summed E-state index contributed by atoms with van der Waals surface area (Å²) in [4.78, 5) is 11.6. The van der Waals surface area contributed by atoms with Gasteiger partial charge >= 0.3 is 5.97 Å². The van der Waals surface area contributed by atoms with Gasteiger partial charge in [-0.2, -0.15) is 5.10 Å². The molecule has 88 valence electrons. The second-order valence-corrected chi connectivity index (χ2v) is 4.42. The summed E-state index contributed by atoms with van der Waals surface area (Å²) in [5.41, 5.74) is 0.283. The Balaban J connectivity index is 2.32. The first-order chi connectivity index (χ1) is 7.63. The van der Waals surface area contributed by atoms with Crippen LogP contribution in [-0.4, -0.2) is 28.5 Å². The molecule has 1 atom stereocenters. The van der Waals surface area contributed by atoms with Crippen molar-refractivity contribution < 1.29 is 14.3 Å². The van der Waals surface area contributed by atoms with Crippen LogP contribution in [0.1, 0.15) is 30.8 Å². The van der Waals surface area contributed by atoms with E-state index >= 15 is 0 Å². The zero-order valence-electron chi connectivity index (χ0n) is 9.20. The number of nitrogens with zero attached hydrogens (tertiary/aromatic N) is 2. The number of rotatable bonds is 2. The van der Waals surface area contributed by atoms with Crippen LogP contribution in [-0.2, 0) is 11.3 Å². The molecule has 1 aliphatic rings. The number of esters is 1. The molecule has 2 heterocycles. The standard InChI is InChI=1S/C10H13BrN2O3/c1-3-15-10(14)8-7(11)9-13(12-8)5-4-6(2)16-9/h6H,3-5H2,1-2H3. The van der Waals surface area contributed by atoms with Gasteiger partial charge in [-0.15, -0.1) is 0 Å². The Morgan fingerprint density at radius 3 is 3.19 bits per heavy atom. The quantitative estimate of drug-likeness (QED) is 0.781. The molecular weight excluding hydrogens is 276 g/mol. The fourth-order valence-corrected chi connectivity index (χ4v) is 2.11. The van der Waals surface area contributed by atoms with E-state index in [2.05, 4.69) is 21.0 Å². The molecule has 0 spiro atoms. The molecule has 2 rings (SSSR count). The summed E-state index contributed by atoms with van der Waals surface area (Å²) in [6.45, 7) is 4.85. The van der Waals surface area contributed by atoms with Crippen LogP contribution >= 0.6 is 15.9 Å². The molecule has 0 amide bonds. The van der Waals surface area contributed by atoms with Crippen LogP contribution in [0.3, 0.4) is 0 Å². The third kappa shape index (κ3) is 1.93. The molecule has 0 aromatic carbocycles. The lowest BCUT2D eigenvalue weighted by atomic mass is 10.2. The molecular formula is C10H13BrN2O3. The van der Waals surface area contributed by atoms with Gasteiger partial charge in [0, 0.05) is 13.0 Å². The molecule has 0 saturated carbocycles. The van der Waals surface area contributed by atoms with Gasteiger partial charge in [0.1, 0.15) is 4.47 Å². The Morgan fingerprint density at radius 2 is 2.50 bits per heavy atom. The molecule has 0 bridgehead atoms. The van der Waals surface area contributed by atoms with E-state index in [1.165, 1.54) is 0 Å². The number of carbonyl (C=O) groups is 1. The summed E-state index contributed by atoms with van der Waals surface area (Å²) < 4.78 is 12.8. The fraction of sp³-hybridized carbons (Fsp3) is 0.600. The third-order valence-corrected chi connectivity index (χ3v) is 3.09. The van der Waals surface area contributed by atoms with E-state index in [4.69, 9.17) is 9.47 Å². The molecule has 16 heavy (non-hydrogen) atoms. The molecule has 5 nitrogen and oxygen atoms in total. The zero-order chi connectivity index (χ0) is 11.7. The minimum absolute atomic E-state index is 0.149. The van der Waals surface area contributed by atoms with E-state index in [1.807, 2.05) is 6.92 Å². The van der Waals surface area contributed by atoms with Gasteiger partial charge in [-0.3, -0.25) is 0 Å². The second-order valence-electron chi connectivity index (χ2n) is 3.63. The van der Waals surface area contributed by atoms with Gasteiger partial charge < -0.3 is 9.47 Å². The van der Waals surface area contributed by atoms with Crippen LogP contribution in [0.2, 0.25) is 0 Å². The minimum atomic E-state index is -0.424. The Bertz CT molecular complexity index is 416. The van der Waals surface area contributed by atoms with Crippen LogP contribution in [0, 0.1) is 0 Å². The van der Waals surface area contributed by atoms with Crippen molar-refractivity contribution in [1.82, 2.24) is 9.78 Å². The summed E-state index contributed by atoms with van der Waals surface area (Å²) in [5.74, 6) is 0.189. The number of ether oxygens (including phenoxy) is 2. The number of aryl methyl sites for hydroxylation is 1. The molecule has 1 aliphatic heterocycles. The summed E-state index contributed by atoms with van der Waals surface area (Å²) in [7, 11) is 0. The minimum Gasteiger partial charge on any atom is -0.474 e. The maximum absolute atomic E-state index is 11.6. The van der Waals surface area contributed by atoms with Crippen molar-refractivity contribution in [3.63, 3.8) is 0 Å². The summed E-state index contributed by atoms with van der Waals surface area (Å²) in [6.07, 6.45) is 1.04. The van der Waals surface area contributed by atoms with Crippen molar-refractivity contribution in [3.8, 4) is 5.88 Å². The maximum atomic E-state index is 11.6. The van der Waals surface area contributed by atoms with Gasteiger partial charge in [0.2, 0.25) is 5.88 Å². The van der Waals surface area contributed by atoms with Crippen LogP contribution in [0.15, 0.2) is 4.47 Å². The first-order valence-corrected chi connectivity index (χ1v) is 6.02. The highest BCUT2D eigenvalue weighted by atomic mass is 79.9. The molecule has 6 heteroatoms.